The maximum atomic E-state index is 11.1. The van der Waals surface area contributed by atoms with Gasteiger partial charge in [0.1, 0.15) is 5.82 Å². The second kappa shape index (κ2) is 8.53. The molecule has 0 saturated heterocycles. The van der Waals surface area contributed by atoms with Crippen LogP contribution in [0.2, 0.25) is 0 Å². The lowest BCUT2D eigenvalue weighted by Gasteiger charge is -2.08. The number of carbonyl (C=O) groups is 1. The van der Waals surface area contributed by atoms with Gasteiger partial charge >= 0.3 is 0 Å². The number of benzene rings is 2. The zero-order valence-electron chi connectivity index (χ0n) is 16.5. The third kappa shape index (κ3) is 4.35. The summed E-state index contributed by atoms with van der Waals surface area (Å²) >= 11 is 1.68. The van der Waals surface area contributed by atoms with Crippen LogP contribution in [0.3, 0.4) is 0 Å². The van der Waals surface area contributed by atoms with Crippen molar-refractivity contribution in [3.05, 3.63) is 71.7 Å². The Hall–Kier alpha value is -3.06. The molecule has 0 spiro atoms. The van der Waals surface area contributed by atoms with Gasteiger partial charge in [-0.3, -0.25) is 4.79 Å². The number of fused-ring (bicyclic) bond motifs is 1. The molecule has 6 nitrogen and oxygen atoms in total. The van der Waals surface area contributed by atoms with Gasteiger partial charge in [-0.2, -0.15) is 0 Å². The second-order valence-electron chi connectivity index (χ2n) is 6.85. The second-order valence-corrected chi connectivity index (χ2v) is 7.79. The molecule has 29 heavy (non-hydrogen) atoms. The van der Waals surface area contributed by atoms with Gasteiger partial charge in [0.15, 0.2) is 5.16 Å². The van der Waals surface area contributed by atoms with E-state index >= 15 is 0 Å². The van der Waals surface area contributed by atoms with Crippen LogP contribution in [0.25, 0.3) is 10.9 Å². The SMILES string of the molecule is CCn1c(Cc2c[nH]c3ccccc23)nnc1SCc1ccc(NC(C)=O)cc1. The van der Waals surface area contributed by atoms with Gasteiger partial charge in [0, 0.05) is 48.4 Å². The molecule has 0 saturated carbocycles. The Balaban J connectivity index is 1.46. The zero-order valence-corrected chi connectivity index (χ0v) is 17.3. The summed E-state index contributed by atoms with van der Waals surface area (Å²) in [6.07, 6.45) is 2.81. The van der Waals surface area contributed by atoms with Crippen molar-refractivity contribution in [2.24, 2.45) is 0 Å². The van der Waals surface area contributed by atoms with Gasteiger partial charge in [-0.05, 0) is 36.2 Å². The van der Waals surface area contributed by atoms with E-state index in [-0.39, 0.29) is 5.91 Å². The molecular formula is C22H23N5OS. The van der Waals surface area contributed by atoms with Crippen LogP contribution in [0.1, 0.15) is 30.8 Å². The van der Waals surface area contributed by atoms with Crippen molar-refractivity contribution in [2.75, 3.05) is 5.32 Å². The topological polar surface area (TPSA) is 75.6 Å². The number of anilines is 1. The summed E-state index contributed by atoms with van der Waals surface area (Å²) in [5.41, 5.74) is 4.35. The van der Waals surface area contributed by atoms with E-state index in [1.165, 1.54) is 23.4 Å². The molecule has 0 aliphatic heterocycles. The van der Waals surface area contributed by atoms with E-state index < -0.39 is 0 Å². The number of aromatic nitrogens is 4. The van der Waals surface area contributed by atoms with Gasteiger partial charge in [-0.1, -0.05) is 42.1 Å². The van der Waals surface area contributed by atoms with E-state index in [0.29, 0.717) is 0 Å². The molecule has 0 radical (unpaired) electrons. The quantitative estimate of drug-likeness (QED) is 0.440. The lowest BCUT2D eigenvalue weighted by Crippen LogP contribution is -2.05. The smallest absolute Gasteiger partial charge is 0.221 e. The molecule has 2 N–H and O–H groups in total. The van der Waals surface area contributed by atoms with Crippen molar-refractivity contribution < 1.29 is 4.79 Å². The average Bonchev–Trinajstić information content (AvgIpc) is 3.31. The number of nitrogens with one attached hydrogen (secondary N) is 2. The fourth-order valence-corrected chi connectivity index (χ4v) is 4.33. The molecule has 0 bridgehead atoms. The normalized spacial score (nSPS) is 11.1. The lowest BCUT2D eigenvalue weighted by atomic mass is 10.1. The number of aromatic amines is 1. The molecule has 0 fully saturated rings. The van der Waals surface area contributed by atoms with Crippen molar-refractivity contribution in [2.45, 2.75) is 37.7 Å². The molecule has 2 aromatic heterocycles. The third-order valence-corrected chi connectivity index (χ3v) is 5.81. The Morgan fingerprint density at radius 3 is 2.69 bits per heavy atom. The Labute approximate surface area is 173 Å². The summed E-state index contributed by atoms with van der Waals surface area (Å²) in [5, 5.41) is 13.8. The summed E-state index contributed by atoms with van der Waals surface area (Å²) in [6, 6.07) is 16.2. The Bertz CT molecular complexity index is 1130. The van der Waals surface area contributed by atoms with Crippen molar-refractivity contribution in [1.82, 2.24) is 19.7 Å². The lowest BCUT2D eigenvalue weighted by molar-refractivity contribution is -0.114. The summed E-state index contributed by atoms with van der Waals surface area (Å²) in [4.78, 5) is 14.5. The number of rotatable bonds is 7. The maximum Gasteiger partial charge on any atom is 0.221 e. The number of amides is 1. The van der Waals surface area contributed by atoms with Gasteiger partial charge in [0.25, 0.3) is 0 Å². The molecule has 7 heteroatoms. The van der Waals surface area contributed by atoms with Crippen LogP contribution in [0.4, 0.5) is 5.69 Å². The van der Waals surface area contributed by atoms with Crippen LogP contribution in [0.15, 0.2) is 59.9 Å². The van der Waals surface area contributed by atoms with E-state index in [9.17, 15) is 4.79 Å². The molecule has 2 aromatic carbocycles. The van der Waals surface area contributed by atoms with Crippen LogP contribution < -0.4 is 5.32 Å². The van der Waals surface area contributed by atoms with Crippen molar-refractivity contribution in [3.63, 3.8) is 0 Å². The van der Waals surface area contributed by atoms with Crippen LogP contribution in [-0.4, -0.2) is 25.7 Å². The van der Waals surface area contributed by atoms with Crippen molar-refractivity contribution in [3.8, 4) is 0 Å². The molecule has 148 valence electrons. The number of nitrogens with zero attached hydrogens (tertiary/aromatic N) is 3. The fourth-order valence-electron chi connectivity index (χ4n) is 3.36. The van der Waals surface area contributed by atoms with E-state index in [4.69, 9.17) is 0 Å². The third-order valence-electron chi connectivity index (χ3n) is 4.78. The first kappa shape index (κ1) is 19.3. The largest absolute Gasteiger partial charge is 0.361 e. The molecule has 0 atom stereocenters. The Kier molecular flexibility index (Phi) is 5.67. The highest BCUT2D eigenvalue weighted by molar-refractivity contribution is 7.98. The number of H-pyrrole nitrogens is 1. The van der Waals surface area contributed by atoms with E-state index in [2.05, 4.69) is 56.4 Å². The number of hydrogen-bond acceptors (Lipinski definition) is 4. The standard InChI is InChI=1S/C22H23N5OS/c1-3-27-21(12-17-13-23-20-7-5-4-6-19(17)20)25-26-22(27)29-14-16-8-10-18(11-9-16)24-15(2)28/h4-11,13,23H,3,12,14H2,1-2H3,(H,24,28). The highest BCUT2D eigenvalue weighted by Crippen LogP contribution is 2.25. The molecule has 0 unspecified atom stereocenters. The van der Waals surface area contributed by atoms with Gasteiger partial charge in [0.2, 0.25) is 5.91 Å². The van der Waals surface area contributed by atoms with Gasteiger partial charge < -0.3 is 14.9 Å². The number of hydrogen-bond donors (Lipinski definition) is 2. The predicted molar refractivity (Wildman–Crippen MR) is 117 cm³/mol. The first-order chi connectivity index (χ1) is 14.1. The molecule has 1 amide bonds. The van der Waals surface area contributed by atoms with Crippen molar-refractivity contribution in [1.29, 1.82) is 0 Å². The summed E-state index contributed by atoms with van der Waals surface area (Å²) in [6.45, 7) is 4.46. The summed E-state index contributed by atoms with van der Waals surface area (Å²) < 4.78 is 2.18. The van der Waals surface area contributed by atoms with E-state index in [0.717, 1.165) is 40.9 Å². The van der Waals surface area contributed by atoms with Crippen LogP contribution in [0.5, 0.6) is 0 Å². The highest BCUT2D eigenvalue weighted by atomic mass is 32.2. The minimum atomic E-state index is -0.0640. The first-order valence-electron chi connectivity index (χ1n) is 9.60. The van der Waals surface area contributed by atoms with Crippen LogP contribution in [0, 0.1) is 0 Å². The summed E-state index contributed by atoms with van der Waals surface area (Å²) in [7, 11) is 0. The maximum absolute atomic E-state index is 11.1. The van der Waals surface area contributed by atoms with Crippen molar-refractivity contribution >= 4 is 34.3 Å². The zero-order chi connectivity index (χ0) is 20.2. The van der Waals surface area contributed by atoms with Crippen LogP contribution >= 0.6 is 11.8 Å². The summed E-state index contributed by atoms with van der Waals surface area (Å²) in [5.74, 6) is 1.71. The fraction of sp³-hybridized carbons (Fsp3) is 0.227. The Morgan fingerprint density at radius 1 is 1.14 bits per heavy atom. The molecular weight excluding hydrogens is 382 g/mol. The molecule has 4 rings (SSSR count). The first-order valence-corrected chi connectivity index (χ1v) is 10.6. The molecule has 0 aliphatic rings. The van der Waals surface area contributed by atoms with E-state index in [1.807, 2.05) is 30.3 Å². The van der Waals surface area contributed by atoms with Gasteiger partial charge in [0.05, 0.1) is 0 Å². The van der Waals surface area contributed by atoms with Gasteiger partial charge in [-0.15, -0.1) is 10.2 Å². The molecule has 0 aliphatic carbocycles. The monoisotopic (exact) mass is 405 g/mol. The molecule has 4 aromatic rings. The minimum absolute atomic E-state index is 0.0640. The number of carbonyl (C=O) groups excluding carboxylic acids is 1. The van der Waals surface area contributed by atoms with Crippen LogP contribution in [-0.2, 0) is 23.5 Å². The van der Waals surface area contributed by atoms with E-state index in [1.54, 1.807) is 11.8 Å². The Morgan fingerprint density at radius 2 is 1.93 bits per heavy atom. The van der Waals surface area contributed by atoms with Gasteiger partial charge in [-0.25, -0.2) is 0 Å². The average molecular weight is 406 g/mol. The molecule has 2 heterocycles. The minimum Gasteiger partial charge on any atom is -0.361 e. The number of para-hydroxylation sites is 1. The predicted octanol–water partition coefficient (Wildman–Crippen LogP) is 4.62. The number of thioether (sulfide) groups is 1. The highest BCUT2D eigenvalue weighted by Gasteiger charge is 2.14.